The first-order valence-electron chi connectivity index (χ1n) is 10.1. The van der Waals surface area contributed by atoms with Crippen molar-refractivity contribution >= 4 is 38.8 Å². The molecule has 0 spiro atoms. The topological polar surface area (TPSA) is 82.1 Å². The number of thiophene rings is 1. The lowest BCUT2D eigenvalue weighted by atomic mass is 9.86. The fourth-order valence-electron chi connectivity index (χ4n) is 4.94. The molecule has 3 aromatic heterocycles. The molecule has 1 aromatic carbocycles. The van der Waals surface area contributed by atoms with Gasteiger partial charge in [0.1, 0.15) is 10.6 Å². The average Bonchev–Trinajstić information content (AvgIpc) is 3.53. The summed E-state index contributed by atoms with van der Waals surface area (Å²) < 4.78 is 1.09. The number of nitrogens with zero attached hydrogens (tertiary/aromatic N) is 3. The smallest absolute Gasteiger partial charge is 0.255 e. The number of hydrogen-bond donors (Lipinski definition) is 2. The minimum atomic E-state index is -0.955. The van der Waals surface area contributed by atoms with E-state index in [2.05, 4.69) is 10.2 Å². The van der Waals surface area contributed by atoms with Crippen molar-refractivity contribution in [3.05, 3.63) is 58.7 Å². The molecule has 1 amide bonds. The normalized spacial score (nSPS) is 25.8. The Balaban J connectivity index is 1.27. The van der Waals surface area contributed by atoms with Gasteiger partial charge in [-0.1, -0.05) is 12.1 Å². The Bertz CT molecular complexity index is 1180. The first-order valence-corrected chi connectivity index (χ1v) is 11.8. The molecule has 2 bridgehead atoms. The predicted octanol–water partition coefficient (Wildman–Crippen LogP) is 4.40. The van der Waals surface area contributed by atoms with E-state index < -0.39 is 5.60 Å². The van der Waals surface area contributed by atoms with Crippen LogP contribution in [-0.4, -0.2) is 43.2 Å². The molecule has 2 fully saturated rings. The molecule has 2 N–H and O–H groups in total. The van der Waals surface area contributed by atoms with Crippen LogP contribution in [0.1, 0.15) is 41.0 Å². The third kappa shape index (κ3) is 2.82. The van der Waals surface area contributed by atoms with E-state index in [4.69, 9.17) is 4.98 Å². The number of rotatable bonds is 3. The molecule has 152 valence electrons. The van der Waals surface area contributed by atoms with E-state index in [0.717, 1.165) is 44.1 Å². The Hall–Kier alpha value is -2.55. The number of carbonyl (C=O) groups is 1. The lowest BCUT2D eigenvalue weighted by molar-refractivity contribution is -0.0478. The second kappa shape index (κ2) is 6.73. The van der Waals surface area contributed by atoms with E-state index in [-0.39, 0.29) is 18.0 Å². The van der Waals surface area contributed by atoms with Crippen LogP contribution in [0.25, 0.3) is 20.7 Å². The number of hydrogen-bond acceptors (Lipinski definition) is 6. The number of benzene rings is 1. The van der Waals surface area contributed by atoms with Crippen LogP contribution in [0.5, 0.6) is 0 Å². The molecular formula is C22H20N4O2S2. The van der Waals surface area contributed by atoms with Gasteiger partial charge in [0, 0.05) is 46.9 Å². The van der Waals surface area contributed by atoms with Crippen molar-refractivity contribution in [2.75, 3.05) is 0 Å². The van der Waals surface area contributed by atoms with E-state index in [1.54, 1.807) is 28.9 Å². The van der Waals surface area contributed by atoms with Crippen molar-refractivity contribution in [1.82, 2.24) is 20.1 Å². The fraction of sp³-hybridized carbons (Fsp3) is 0.318. The van der Waals surface area contributed by atoms with Crippen molar-refractivity contribution in [3.63, 3.8) is 0 Å². The maximum absolute atomic E-state index is 13.3. The highest BCUT2D eigenvalue weighted by atomic mass is 32.1. The van der Waals surface area contributed by atoms with Crippen LogP contribution in [0.3, 0.4) is 0 Å². The van der Waals surface area contributed by atoms with Gasteiger partial charge in [-0.25, -0.2) is 4.98 Å². The number of H-pyrrole nitrogens is 1. The minimum Gasteiger partial charge on any atom is -0.383 e. The van der Waals surface area contributed by atoms with E-state index >= 15 is 0 Å². The number of amides is 1. The largest absolute Gasteiger partial charge is 0.383 e. The van der Waals surface area contributed by atoms with E-state index in [9.17, 15) is 9.90 Å². The van der Waals surface area contributed by atoms with Crippen LogP contribution in [0.4, 0.5) is 0 Å². The summed E-state index contributed by atoms with van der Waals surface area (Å²) in [5.74, 6) is 0.0693. The predicted molar refractivity (Wildman–Crippen MR) is 118 cm³/mol. The molecule has 2 unspecified atom stereocenters. The lowest BCUT2D eigenvalue weighted by Gasteiger charge is -2.42. The Morgan fingerprint density at radius 1 is 1.23 bits per heavy atom. The summed E-state index contributed by atoms with van der Waals surface area (Å²) in [5, 5.41) is 21.0. The quantitative estimate of drug-likeness (QED) is 0.499. The first-order chi connectivity index (χ1) is 14.6. The molecule has 30 heavy (non-hydrogen) atoms. The second-order valence-corrected chi connectivity index (χ2v) is 10.2. The van der Waals surface area contributed by atoms with Gasteiger partial charge in [-0.05, 0) is 31.0 Å². The third-order valence-electron chi connectivity index (χ3n) is 6.32. The van der Waals surface area contributed by atoms with Gasteiger partial charge in [0.05, 0.1) is 22.0 Å². The summed E-state index contributed by atoms with van der Waals surface area (Å²) >= 11 is 3.13. The highest BCUT2D eigenvalue weighted by Crippen LogP contribution is 2.48. The highest BCUT2D eigenvalue weighted by molar-refractivity contribution is 7.18. The van der Waals surface area contributed by atoms with Gasteiger partial charge < -0.3 is 10.0 Å². The summed E-state index contributed by atoms with van der Waals surface area (Å²) in [4.78, 5) is 21.1. The number of aromatic amines is 1. The third-order valence-corrected chi connectivity index (χ3v) is 8.53. The number of aliphatic hydroxyl groups is 1. The SMILES string of the molecule is O=C(c1csc(-c2cn[nH]c2)c1)N1C2CCC1CC(O)(c1nc3ccccc3s1)C2. The zero-order chi connectivity index (χ0) is 20.3. The van der Waals surface area contributed by atoms with Crippen molar-refractivity contribution in [2.45, 2.75) is 43.4 Å². The van der Waals surface area contributed by atoms with Gasteiger partial charge in [0.25, 0.3) is 5.91 Å². The minimum absolute atomic E-state index is 0.0468. The Kier molecular flexibility index (Phi) is 4.09. The van der Waals surface area contributed by atoms with Gasteiger partial charge in [-0.2, -0.15) is 5.10 Å². The maximum atomic E-state index is 13.3. The van der Waals surface area contributed by atoms with Crippen LogP contribution >= 0.6 is 22.7 Å². The Labute approximate surface area is 181 Å². The van der Waals surface area contributed by atoms with Crippen LogP contribution in [0, 0.1) is 0 Å². The molecule has 6 nitrogen and oxygen atoms in total. The molecule has 0 aliphatic carbocycles. The number of fused-ring (bicyclic) bond motifs is 3. The number of carbonyl (C=O) groups excluding carboxylic acids is 1. The van der Waals surface area contributed by atoms with Gasteiger partial charge in [0.15, 0.2) is 0 Å². The molecule has 0 saturated carbocycles. The fourth-order valence-corrected chi connectivity index (χ4v) is 6.88. The number of para-hydroxylation sites is 1. The first kappa shape index (κ1) is 18.2. The average molecular weight is 437 g/mol. The van der Waals surface area contributed by atoms with Gasteiger partial charge >= 0.3 is 0 Å². The van der Waals surface area contributed by atoms with E-state index in [1.807, 2.05) is 46.8 Å². The number of thiazole rings is 1. The molecule has 2 atom stereocenters. The summed E-state index contributed by atoms with van der Waals surface area (Å²) in [6, 6.07) is 10.0. The van der Waals surface area contributed by atoms with Crippen molar-refractivity contribution in [3.8, 4) is 10.4 Å². The summed E-state index contributed by atoms with van der Waals surface area (Å²) in [6.45, 7) is 0. The van der Waals surface area contributed by atoms with Gasteiger partial charge in [-0.3, -0.25) is 9.89 Å². The Morgan fingerprint density at radius 3 is 2.77 bits per heavy atom. The molecule has 5 heterocycles. The van der Waals surface area contributed by atoms with Crippen LogP contribution < -0.4 is 0 Å². The zero-order valence-electron chi connectivity index (χ0n) is 16.1. The number of piperidine rings is 1. The molecule has 0 radical (unpaired) electrons. The molecule has 8 heteroatoms. The summed E-state index contributed by atoms with van der Waals surface area (Å²) in [5.41, 5.74) is 1.69. The molecule has 6 rings (SSSR count). The Morgan fingerprint density at radius 2 is 2.03 bits per heavy atom. The maximum Gasteiger partial charge on any atom is 0.255 e. The zero-order valence-corrected chi connectivity index (χ0v) is 17.7. The van der Waals surface area contributed by atoms with Gasteiger partial charge in [0.2, 0.25) is 0 Å². The van der Waals surface area contributed by atoms with Crippen molar-refractivity contribution in [2.24, 2.45) is 0 Å². The molecular weight excluding hydrogens is 416 g/mol. The number of aromatic nitrogens is 3. The molecule has 2 aliphatic rings. The summed E-state index contributed by atoms with van der Waals surface area (Å²) in [7, 11) is 0. The standard InChI is InChI=1S/C22H20N4O2S2/c27-20(13-7-19(29-12-13)14-10-23-24-11-14)26-15-5-6-16(26)9-22(28,8-15)21-25-17-3-1-2-4-18(17)30-21/h1-4,7,10-12,15-16,28H,5-6,8-9H2,(H,23,24). The van der Waals surface area contributed by atoms with E-state index in [1.165, 1.54) is 0 Å². The van der Waals surface area contributed by atoms with Crippen LogP contribution in [-0.2, 0) is 5.60 Å². The van der Waals surface area contributed by atoms with Crippen molar-refractivity contribution in [1.29, 1.82) is 0 Å². The number of nitrogens with one attached hydrogen (secondary N) is 1. The van der Waals surface area contributed by atoms with Gasteiger partial charge in [-0.15, -0.1) is 22.7 Å². The second-order valence-electron chi connectivity index (χ2n) is 8.21. The molecule has 2 aliphatic heterocycles. The molecule has 2 saturated heterocycles. The van der Waals surface area contributed by atoms with E-state index in [0.29, 0.717) is 12.8 Å². The van der Waals surface area contributed by atoms with Crippen LogP contribution in [0.15, 0.2) is 48.1 Å². The summed E-state index contributed by atoms with van der Waals surface area (Å²) in [6.07, 6.45) is 6.57. The molecule has 4 aromatic rings. The van der Waals surface area contributed by atoms with Crippen molar-refractivity contribution < 1.29 is 9.90 Å². The highest BCUT2D eigenvalue weighted by Gasteiger charge is 2.51. The van der Waals surface area contributed by atoms with Crippen LogP contribution in [0.2, 0.25) is 0 Å². The monoisotopic (exact) mass is 436 g/mol. The lowest BCUT2D eigenvalue weighted by Crippen LogP contribution is -2.51.